The van der Waals surface area contributed by atoms with E-state index in [-0.39, 0.29) is 12.0 Å². The van der Waals surface area contributed by atoms with Gasteiger partial charge in [0.05, 0.1) is 18.3 Å². The molecule has 18 heavy (non-hydrogen) atoms. The average Bonchev–Trinajstić information content (AvgIpc) is 2.40. The first kappa shape index (κ1) is 13.5. The van der Waals surface area contributed by atoms with Crippen molar-refractivity contribution < 1.29 is 9.53 Å². The van der Waals surface area contributed by atoms with Gasteiger partial charge in [-0.15, -0.1) is 0 Å². The summed E-state index contributed by atoms with van der Waals surface area (Å²) in [6.07, 6.45) is 0.0614. The molecule has 1 aromatic rings. The summed E-state index contributed by atoms with van der Waals surface area (Å²) in [5, 5.41) is 6.14. The minimum Gasteiger partial charge on any atom is -0.374 e. The van der Waals surface area contributed by atoms with Crippen LogP contribution >= 0.6 is 15.9 Å². The molecule has 1 aromatic carbocycles. The molecule has 1 atom stereocenters. The Balaban J connectivity index is 1.92. The third-order valence-electron chi connectivity index (χ3n) is 2.86. The monoisotopic (exact) mass is 312 g/mol. The lowest BCUT2D eigenvalue weighted by atomic mass is 10.1. The molecule has 2 N–H and O–H groups in total. The van der Waals surface area contributed by atoms with Crippen molar-refractivity contribution in [1.29, 1.82) is 0 Å². The molecule has 0 radical (unpaired) electrons. The van der Waals surface area contributed by atoms with Crippen molar-refractivity contribution in [2.45, 2.75) is 13.0 Å². The fraction of sp³-hybridized carbons (Fsp3) is 0.462. The maximum atomic E-state index is 12.0. The molecule has 0 spiro atoms. The number of hydrogen-bond acceptors (Lipinski definition) is 3. The maximum absolute atomic E-state index is 12.0. The van der Waals surface area contributed by atoms with Crippen LogP contribution in [0.2, 0.25) is 0 Å². The number of nitrogens with one attached hydrogen (secondary N) is 2. The molecule has 0 aliphatic carbocycles. The van der Waals surface area contributed by atoms with Gasteiger partial charge >= 0.3 is 0 Å². The van der Waals surface area contributed by atoms with E-state index in [1.165, 1.54) is 0 Å². The molecule has 4 nitrogen and oxygen atoms in total. The zero-order valence-corrected chi connectivity index (χ0v) is 11.9. The standard InChI is InChI=1S/C13H17BrN2O2/c1-9-2-3-12(14)11(6-9)13(17)16-8-10-7-15-4-5-18-10/h2-3,6,10,15H,4-5,7-8H2,1H3,(H,16,17). The summed E-state index contributed by atoms with van der Waals surface area (Å²) in [6, 6.07) is 5.73. The van der Waals surface area contributed by atoms with Crippen LogP contribution in [0.4, 0.5) is 0 Å². The lowest BCUT2D eigenvalue weighted by Gasteiger charge is -2.23. The fourth-order valence-electron chi connectivity index (χ4n) is 1.87. The van der Waals surface area contributed by atoms with E-state index in [9.17, 15) is 4.79 Å². The largest absolute Gasteiger partial charge is 0.374 e. The Labute approximate surface area is 115 Å². The predicted molar refractivity (Wildman–Crippen MR) is 73.8 cm³/mol. The molecule has 0 bridgehead atoms. The molecular formula is C13H17BrN2O2. The van der Waals surface area contributed by atoms with Crippen LogP contribution in [0.5, 0.6) is 0 Å². The number of carbonyl (C=O) groups is 1. The van der Waals surface area contributed by atoms with Crippen molar-refractivity contribution in [1.82, 2.24) is 10.6 Å². The summed E-state index contributed by atoms with van der Waals surface area (Å²) in [4.78, 5) is 12.0. The Bertz CT molecular complexity index is 431. The first-order chi connectivity index (χ1) is 8.66. The molecule has 0 saturated carbocycles. The van der Waals surface area contributed by atoms with Crippen molar-refractivity contribution in [3.05, 3.63) is 33.8 Å². The summed E-state index contributed by atoms with van der Waals surface area (Å²) in [7, 11) is 0. The number of halogens is 1. The van der Waals surface area contributed by atoms with Gasteiger partial charge in [-0.3, -0.25) is 4.79 Å². The van der Waals surface area contributed by atoms with Gasteiger partial charge in [0.1, 0.15) is 0 Å². The van der Waals surface area contributed by atoms with Crippen LogP contribution in [-0.4, -0.2) is 38.3 Å². The van der Waals surface area contributed by atoms with E-state index < -0.39 is 0 Å². The van der Waals surface area contributed by atoms with Crippen LogP contribution in [0.1, 0.15) is 15.9 Å². The smallest absolute Gasteiger partial charge is 0.252 e. The second-order valence-electron chi connectivity index (χ2n) is 4.39. The Morgan fingerprint density at radius 3 is 3.17 bits per heavy atom. The predicted octanol–water partition coefficient (Wildman–Crippen LogP) is 1.48. The van der Waals surface area contributed by atoms with Crippen LogP contribution in [0.25, 0.3) is 0 Å². The van der Waals surface area contributed by atoms with Gasteiger partial charge in [-0.05, 0) is 35.0 Å². The van der Waals surface area contributed by atoms with Crippen molar-refractivity contribution in [2.24, 2.45) is 0 Å². The SMILES string of the molecule is Cc1ccc(Br)c(C(=O)NCC2CNCCO2)c1. The molecule has 1 saturated heterocycles. The summed E-state index contributed by atoms with van der Waals surface area (Å²) in [5.74, 6) is -0.0697. The summed E-state index contributed by atoms with van der Waals surface area (Å²) < 4.78 is 6.34. The zero-order valence-electron chi connectivity index (χ0n) is 10.3. The average molecular weight is 313 g/mol. The van der Waals surface area contributed by atoms with Crippen LogP contribution in [-0.2, 0) is 4.74 Å². The highest BCUT2D eigenvalue weighted by molar-refractivity contribution is 9.10. The number of ether oxygens (including phenoxy) is 1. The number of aryl methyl sites for hydroxylation is 1. The molecule has 1 heterocycles. The molecule has 1 aliphatic heterocycles. The van der Waals surface area contributed by atoms with Crippen molar-refractivity contribution in [2.75, 3.05) is 26.2 Å². The minimum atomic E-state index is -0.0697. The summed E-state index contributed by atoms with van der Waals surface area (Å²) in [6.45, 7) is 4.88. The first-order valence-corrected chi connectivity index (χ1v) is 6.83. The van der Waals surface area contributed by atoms with Gasteiger partial charge in [0.2, 0.25) is 0 Å². The van der Waals surface area contributed by atoms with Crippen LogP contribution < -0.4 is 10.6 Å². The lowest BCUT2D eigenvalue weighted by Crippen LogP contribution is -2.45. The Kier molecular flexibility index (Phi) is 4.74. The van der Waals surface area contributed by atoms with E-state index in [0.29, 0.717) is 18.7 Å². The fourth-order valence-corrected chi connectivity index (χ4v) is 2.29. The number of morpholine rings is 1. The number of rotatable bonds is 3. The highest BCUT2D eigenvalue weighted by atomic mass is 79.9. The van der Waals surface area contributed by atoms with Crippen LogP contribution in [0.3, 0.4) is 0 Å². The van der Waals surface area contributed by atoms with E-state index in [4.69, 9.17) is 4.74 Å². The number of amides is 1. The molecule has 1 aliphatic rings. The molecular weight excluding hydrogens is 296 g/mol. The third kappa shape index (κ3) is 3.54. The Morgan fingerprint density at radius 2 is 2.44 bits per heavy atom. The zero-order chi connectivity index (χ0) is 13.0. The molecule has 1 amide bonds. The quantitative estimate of drug-likeness (QED) is 0.889. The van der Waals surface area contributed by atoms with Gasteiger partial charge in [-0.2, -0.15) is 0 Å². The first-order valence-electron chi connectivity index (χ1n) is 6.03. The molecule has 1 fully saturated rings. The van der Waals surface area contributed by atoms with Gasteiger partial charge in [0.15, 0.2) is 0 Å². The second-order valence-corrected chi connectivity index (χ2v) is 5.24. The number of carbonyl (C=O) groups excluding carboxylic acids is 1. The van der Waals surface area contributed by atoms with Gasteiger partial charge < -0.3 is 15.4 Å². The highest BCUT2D eigenvalue weighted by Gasteiger charge is 2.16. The van der Waals surface area contributed by atoms with E-state index in [2.05, 4.69) is 26.6 Å². The highest BCUT2D eigenvalue weighted by Crippen LogP contribution is 2.17. The summed E-state index contributed by atoms with van der Waals surface area (Å²) >= 11 is 3.39. The van der Waals surface area contributed by atoms with E-state index in [1.54, 1.807) is 0 Å². The van der Waals surface area contributed by atoms with Crippen molar-refractivity contribution in [3.8, 4) is 0 Å². The van der Waals surface area contributed by atoms with Gasteiger partial charge in [0, 0.05) is 24.1 Å². The van der Waals surface area contributed by atoms with E-state index in [1.807, 2.05) is 25.1 Å². The topological polar surface area (TPSA) is 50.4 Å². The second kappa shape index (κ2) is 6.31. The molecule has 0 aromatic heterocycles. The van der Waals surface area contributed by atoms with Gasteiger partial charge in [-0.25, -0.2) is 0 Å². The molecule has 98 valence electrons. The van der Waals surface area contributed by atoms with E-state index >= 15 is 0 Å². The third-order valence-corrected chi connectivity index (χ3v) is 3.55. The normalized spacial score (nSPS) is 19.6. The van der Waals surface area contributed by atoms with Crippen LogP contribution in [0, 0.1) is 6.92 Å². The number of hydrogen-bond donors (Lipinski definition) is 2. The Hall–Kier alpha value is -0.910. The molecule has 5 heteroatoms. The maximum Gasteiger partial charge on any atom is 0.252 e. The number of benzene rings is 1. The van der Waals surface area contributed by atoms with Crippen molar-refractivity contribution >= 4 is 21.8 Å². The summed E-state index contributed by atoms with van der Waals surface area (Å²) in [5.41, 5.74) is 1.73. The lowest BCUT2D eigenvalue weighted by molar-refractivity contribution is 0.0287. The minimum absolute atomic E-state index is 0.0614. The Morgan fingerprint density at radius 1 is 1.61 bits per heavy atom. The van der Waals surface area contributed by atoms with Gasteiger partial charge in [-0.1, -0.05) is 11.6 Å². The van der Waals surface area contributed by atoms with Gasteiger partial charge in [0.25, 0.3) is 5.91 Å². The van der Waals surface area contributed by atoms with E-state index in [0.717, 1.165) is 23.1 Å². The van der Waals surface area contributed by atoms with Crippen LogP contribution in [0.15, 0.2) is 22.7 Å². The molecule has 1 unspecified atom stereocenters. The molecule has 2 rings (SSSR count). The van der Waals surface area contributed by atoms with Crippen molar-refractivity contribution in [3.63, 3.8) is 0 Å².